The molecule has 7 nitrogen and oxygen atoms in total. The molecule has 0 spiro atoms. The predicted octanol–water partition coefficient (Wildman–Crippen LogP) is 1.90. The first-order chi connectivity index (χ1) is 12.5. The minimum absolute atomic E-state index is 0.162. The number of anilines is 1. The molecular formula is C19H20N2O5. The van der Waals surface area contributed by atoms with Crippen molar-refractivity contribution in [3.63, 3.8) is 0 Å². The molecular weight excluding hydrogens is 336 g/mol. The SMILES string of the molecule is Cc1ccccc1NC(=O)C(=O)NCCC(O)c1ccc2c(c1)OCO2. The number of benzene rings is 2. The van der Waals surface area contributed by atoms with Crippen LogP contribution < -0.4 is 20.1 Å². The van der Waals surface area contributed by atoms with Gasteiger partial charge >= 0.3 is 11.8 Å². The third kappa shape index (κ3) is 4.12. The Morgan fingerprint density at radius 1 is 1.12 bits per heavy atom. The number of amides is 2. The van der Waals surface area contributed by atoms with Crippen LogP contribution in [0.5, 0.6) is 11.5 Å². The number of para-hydroxylation sites is 1. The summed E-state index contributed by atoms with van der Waals surface area (Å²) in [5, 5.41) is 15.3. The van der Waals surface area contributed by atoms with Crippen molar-refractivity contribution in [3.05, 3.63) is 53.6 Å². The van der Waals surface area contributed by atoms with Crippen LogP contribution >= 0.6 is 0 Å². The molecule has 1 aliphatic rings. The average molecular weight is 356 g/mol. The number of aryl methyl sites for hydroxylation is 1. The zero-order chi connectivity index (χ0) is 18.5. The number of rotatable bonds is 5. The molecule has 3 rings (SSSR count). The van der Waals surface area contributed by atoms with Crippen LogP contribution in [0.25, 0.3) is 0 Å². The summed E-state index contributed by atoms with van der Waals surface area (Å²) in [5.41, 5.74) is 2.12. The Balaban J connectivity index is 1.47. The molecule has 2 aromatic carbocycles. The normalized spacial score (nSPS) is 13.2. The highest BCUT2D eigenvalue weighted by Gasteiger charge is 2.18. The fraction of sp³-hybridized carbons (Fsp3) is 0.263. The largest absolute Gasteiger partial charge is 0.454 e. The molecule has 26 heavy (non-hydrogen) atoms. The van der Waals surface area contributed by atoms with E-state index in [2.05, 4.69) is 10.6 Å². The van der Waals surface area contributed by atoms with Gasteiger partial charge in [-0.15, -0.1) is 0 Å². The lowest BCUT2D eigenvalue weighted by atomic mass is 10.1. The third-order valence-corrected chi connectivity index (χ3v) is 4.08. The molecule has 1 atom stereocenters. The minimum Gasteiger partial charge on any atom is -0.454 e. The lowest BCUT2D eigenvalue weighted by molar-refractivity contribution is -0.136. The van der Waals surface area contributed by atoms with E-state index in [4.69, 9.17) is 9.47 Å². The summed E-state index contributed by atoms with van der Waals surface area (Å²) in [6.07, 6.45) is -0.521. The first-order valence-corrected chi connectivity index (χ1v) is 8.27. The first kappa shape index (κ1) is 17.8. The van der Waals surface area contributed by atoms with Crippen molar-refractivity contribution in [1.82, 2.24) is 5.32 Å². The number of hydrogen-bond donors (Lipinski definition) is 3. The maximum Gasteiger partial charge on any atom is 0.313 e. The topological polar surface area (TPSA) is 96.9 Å². The molecule has 3 N–H and O–H groups in total. The van der Waals surface area contributed by atoms with E-state index < -0.39 is 17.9 Å². The van der Waals surface area contributed by atoms with Crippen LogP contribution in [0.15, 0.2) is 42.5 Å². The number of carbonyl (C=O) groups is 2. The van der Waals surface area contributed by atoms with Gasteiger partial charge in [0.2, 0.25) is 6.79 Å². The van der Waals surface area contributed by atoms with E-state index in [0.29, 0.717) is 22.7 Å². The molecule has 0 aromatic heterocycles. The van der Waals surface area contributed by atoms with Gasteiger partial charge in [0.15, 0.2) is 11.5 Å². The second-order valence-electron chi connectivity index (χ2n) is 5.94. The number of hydrogen-bond acceptors (Lipinski definition) is 5. The molecule has 1 unspecified atom stereocenters. The van der Waals surface area contributed by atoms with Gasteiger partial charge in [-0.3, -0.25) is 9.59 Å². The van der Waals surface area contributed by atoms with Gasteiger partial charge in [-0.05, 0) is 42.7 Å². The van der Waals surface area contributed by atoms with E-state index in [1.165, 1.54) is 0 Å². The molecule has 0 fully saturated rings. The van der Waals surface area contributed by atoms with Gasteiger partial charge in [-0.2, -0.15) is 0 Å². The van der Waals surface area contributed by atoms with Gasteiger partial charge in [-0.1, -0.05) is 24.3 Å². The highest BCUT2D eigenvalue weighted by Crippen LogP contribution is 2.34. The smallest absolute Gasteiger partial charge is 0.313 e. The fourth-order valence-corrected chi connectivity index (χ4v) is 2.58. The Morgan fingerprint density at radius 2 is 1.88 bits per heavy atom. The Morgan fingerprint density at radius 3 is 2.69 bits per heavy atom. The van der Waals surface area contributed by atoms with Gasteiger partial charge < -0.3 is 25.2 Å². The van der Waals surface area contributed by atoms with Crippen molar-refractivity contribution < 1.29 is 24.2 Å². The van der Waals surface area contributed by atoms with E-state index >= 15 is 0 Å². The van der Waals surface area contributed by atoms with Crippen molar-refractivity contribution in [2.75, 3.05) is 18.7 Å². The van der Waals surface area contributed by atoms with Crippen LogP contribution in [-0.4, -0.2) is 30.3 Å². The molecule has 2 amide bonds. The van der Waals surface area contributed by atoms with Crippen molar-refractivity contribution in [1.29, 1.82) is 0 Å². The van der Waals surface area contributed by atoms with E-state index in [1.54, 1.807) is 30.3 Å². The monoisotopic (exact) mass is 356 g/mol. The van der Waals surface area contributed by atoms with Crippen molar-refractivity contribution in [2.24, 2.45) is 0 Å². The van der Waals surface area contributed by atoms with Crippen LogP contribution in [0.1, 0.15) is 23.7 Å². The van der Waals surface area contributed by atoms with Gasteiger partial charge in [-0.25, -0.2) is 0 Å². The molecule has 0 saturated carbocycles. The zero-order valence-electron chi connectivity index (χ0n) is 14.3. The molecule has 0 bridgehead atoms. The molecule has 136 valence electrons. The van der Waals surface area contributed by atoms with E-state index in [0.717, 1.165) is 5.56 Å². The lowest BCUT2D eigenvalue weighted by Gasteiger charge is -2.12. The summed E-state index contributed by atoms with van der Waals surface area (Å²) in [6.45, 7) is 2.17. The Hall–Kier alpha value is -3.06. The van der Waals surface area contributed by atoms with Crippen LogP contribution in [0.3, 0.4) is 0 Å². The molecule has 7 heteroatoms. The van der Waals surface area contributed by atoms with Crippen LogP contribution in [0, 0.1) is 6.92 Å². The summed E-state index contributed by atoms with van der Waals surface area (Å²) in [4.78, 5) is 23.8. The van der Waals surface area contributed by atoms with Gasteiger partial charge in [0.1, 0.15) is 0 Å². The first-order valence-electron chi connectivity index (χ1n) is 8.27. The number of nitrogens with one attached hydrogen (secondary N) is 2. The quantitative estimate of drug-likeness (QED) is 0.711. The maximum atomic E-state index is 11.9. The highest BCUT2D eigenvalue weighted by atomic mass is 16.7. The van der Waals surface area contributed by atoms with E-state index in [-0.39, 0.29) is 19.8 Å². The number of aliphatic hydroxyl groups excluding tert-OH is 1. The number of ether oxygens (including phenoxy) is 2. The van der Waals surface area contributed by atoms with Crippen molar-refractivity contribution >= 4 is 17.5 Å². The second kappa shape index (κ2) is 7.88. The minimum atomic E-state index is -0.788. The second-order valence-corrected chi connectivity index (χ2v) is 5.94. The molecule has 1 aliphatic heterocycles. The standard InChI is InChI=1S/C19H20N2O5/c1-12-4-2-3-5-14(12)21-19(24)18(23)20-9-8-15(22)13-6-7-16-17(10-13)26-11-25-16/h2-7,10,15,22H,8-9,11H2,1H3,(H,20,23)(H,21,24). The summed E-state index contributed by atoms with van der Waals surface area (Å²) >= 11 is 0. The summed E-state index contributed by atoms with van der Waals surface area (Å²) in [5.74, 6) is -0.256. The Bertz CT molecular complexity index is 821. The van der Waals surface area contributed by atoms with Gasteiger partial charge in [0.25, 0.3) is 0 Å². The summed E-state index contributed by atoms with van der Waals surface area (Å²) in [7, 11) is 0. The maximum absolute atomic E-state index is 11.9. The fourth-order valence-electron chi connectivity index (χ4n) is 2.58. The van der Waals surface area contributed by atoms with Crippen molar-refractivity contribution in [3.8, 4) is 11.5 Å². The Kier molecular flexibility index (Phi) is 5.38. The third-order valence-electron chi connectivity index (χ3n) is 4.08. The molecule has 0 aliphatic carbocycles. The Labute approximate surface area is 150 Å². The lowest BCUT2D eigenvalue weighted by Crippen LogP contribution is -2.36. The average Bonchev–Trinajstić information content (AvgIpc) is 3.11. The molecule has 2 aromatic rings. The van der Waals surface area contributed by atoms with Crippen LogP contribution in [0.4, 0.5) is 5.69 Å². The molecule has 1 heterocycles. The van der Waals surface area contributed by atoms with Gasteiger partial charge in [0, 0.05) is 12.2 Å². The van der Waals surface area contributed by atoms with E-state index in [9.17, 15) is 14.7 Å². The number of carbonyl (C=O) groups excluding carboxylic acids is 2. The van der Waals surface area contributed by atoms with Gasteiger partial charge in [0.05, 0.1) is 6.10 Å². The van der Waals surface area contributed by atoms with Crippen LogP contribution in [-0.2, 0) is 9.59 Å². The highest BCUT2D eigenvalue weighted by molar-refractivity contribution is 6.39. The van der Waals surface area contributed by atoms with Crippen molar-refractivity contribution in [2.45, 2.75) is 19.4 Å². The summed E-state index contributed by atoms with van der Waals surface area (Å²) in [6, 6.07) is 12.4. The number of fused-ring (bicyclic) bond motifs is 1. The molecule has 0 radical (unpaired) electrons. The number of aliphatic hydroxyl groups is 1. The van der Waals surface area contributed by atoms with Crippen LogP contribution in [0.2, 0.25) is 0 Å². The molecule has 0 saturated heterocycles. The predicted molar refractivity (Wildman–Crippen MR) is 95.0 cm³/mol. The zero-order valence-corrected chi connectivity index (χ0v) is 14.3. The summed E-state index contributed by atoms with van der Waals surface area (Å²) < 4.78 is 10.5. The van der Waals surface area contributed by atoms with E-state index in [1.807, 2.05) is 19.1 Å².